The minimum absolute atomic E-state index is 0.0261. The zero-order valence-corrected chi connectivity index (χ0v) is 15.6. The Kier molecular flexibility index (Phi) is 8.20. The highest BCUT2D eigenvalue weighted by molar-refractivity contribution is 6.04. The van der Waals surface area contributed by atoms with Crippen molar-refractivity contribution >= 4 is 29.9 Å². The van der Waals surface area contributed by atoms with Crippen LogP contribution in [0.2, 0.25) is 0 Å². The van der Waals surface area contributed by atoms with E-state index in [2.05, 4.69) is 10.6 Å². The summed E-state index contributed by atoms with van der Waals surface area (Å²) in [6, 6.07) is 18.4. The highest BCUT2D eigenvalue weighted by Gasteiger charge is 2.13. The van der Waals surface area contributed by atoms with E-state index in [0.717, 1.165) is 11.1 Å². The van der Waals surface area contributed by atoms with E-state index in [-0.39, 0.29) is 18.8 Å². The SMILES string of the molecule is CCOC(=O)CNC(=O)C(=Cc1ccccc1)NC(=O)C=Cc1ccccc1. The minimum atomic E-state index is -0.585. The fraction of sp³-hybridized carbons (Fsp3) is 0.136. The summed E-state index contributed by atoms with van der Waals surface area (Å²) in [6.07, 6.45) is 4.52. The first kappa shape index (κ1) is 20.6. The summed E-state index contributed by atoms with van der Waals surface area (Å²) in [5, 5.41) is 5.01. The molecule has 0 saturated carbocycles. The third-order valence-electron chi connectivity index (χ3n) is 3.54. The molecule has 0 atom stereocenters. The molecular formula is C22H22N2O4. The first-order valence-corrected chi connectivity index (χ1v) is 8.83. The van der Waals surface area contributed by atoms with Crippen LogP contribution in [0.25, 0.3) is 12.2 Å². The van der Waals surface area contributed by atoms with Gasteiger partial charge in [-0.3, -0.25) is 14.4 Å². The topological polar surface area (TPSA) is 84.5 Å². The number of rotatable bonds is 8. The molecule has 0 radical (unpaired) electrons. The third-order valence-corrected chi connectivity index (χ3v) is 3.54. The highest BCUT2D eigenvalue weighted by atomic mass is 16.5. The van der Waals surface area contributed by atoms with Crippen LogP contribution in [-0.4, -0.2) is 30.9 Å². The van der Waals surface area contributed by atoms with Crippen LogP contribution in [0.1, 0.15) is 18.1 Å². The van der Waals surface area contributed by atoms with E-state index in [1.54, 1.807) is 25.1 Å². The Bertz CT molecular complexity index is 859. The van der Waals surface area contributed by atoms with Crippen molar-refractivity contribution < 1.29 is 19.1 Å². The molecule has 0 aromatic heterocycles. The lowest BCUT2D eigenvalue weighted by Crippen LogP contribution is -2.37. The third kappa shape index (κ3) is 7.29. The smallest absolute Gasteiger partial charge is 0.325 e. The van der Waals surface area contributed by atoms with Gasteiger partial charge in [0.1, 0.15) is 12.2 Å². The van der Waals surface area contributed by atoms with Gasteiger partial charge in [-0.2, -0.15) is 0 Å². The molecule has 0 unspecified atom stereocenters. The van der Waals surface area contributed by atoms with Crippen LogP contribution in [0.4, 0.5) is 0 Å². The number of benzene rings is 2. The van der Waals surface area contributed by atoms with E-state index in [4.69, 9.17) is 4.74 Å². The molecule has 6 heteroatoms. The van der Waals surface area contributed by atoms with Crippen molar-refractivity contribution in [1.29, 1.82) is 0 Å². The summed E-state index contributed by atoms with van der Waals surface area (Å²) < 4.78 is 4.79. The van der Waals surface area contributed by atoms with Crippen molar-refractivity contribution in [2.24, 2.45) is 0 Å². The molecule has 2 rings (SSSR count). The Morgan fingerprint density at radius 1 is 0.929 bits per heavy atom. The molecule has 0 spiro atoms. The zero-order chi connectivity index (χ0) is 20.2. The monoisotopic (exact) mass is 378 g/mol. The fourth-order valence-electron chi connectivity index (χ4n) is 2.24. The number of hydrogen-bond donors (Lipinski definition) is 2. The van der Waals surface area contributed by atoms with Crippen LogP contribution >= 0.6 is 0 Å². The second kappa shape index (κ2) is 11.1. The molecule has 0 bridgehead atoms. The molecule has 2 amide bonds. The Balaban J connectivity index is 2.10. The van der Waals surface area contributed by atoms with Crippen LogP contribution in [0.3, 0.4) is 0 Å². The highest BCUT2D eigenvalue weighted by Crippen LogP contribution is 2.06. The lowest BCUT2D eigenvalue weighted by Gasteiger charge is -2.09. The van der Waals surface area contributed by atoms with Gasteiger partial charge in [-0.25, -0.2) is 0 Å². The van der Waals surface area contributed by atoms with Gasteiger partial charge in [0, 0.05) is 6.08 Å². The molecule has 2 aromatic carbocycles. The molecule has 0 heterocycles. The van der Waals surface area contributed by atoms with Crippen molar-refractivity contribution in [3.8, 4) is 0 Å². The quantitative estimate of drug-likeness (QED) is 0.546. The maximum Gasteiger partial charge on any atom is 0.325 e. The van der Waals surface area contributed by atoms with Crippen LogP contribution < -0.4 is 10.6 Å². The minimum Gasteiger partial charge on any atom is -0.465 e. The normalized spacial score (nSPS) is 11.1. The molecule has 0 saturated heterocycles. The number of carbonyl (C=O) groups is 3. The average molecular weight is 378 g/mol. The van der Waals surface area contributed by atoms with Gasteiger partial charge in [0.15, 0.2) is 0 Å². The average Bonchev–Trinajstić information content (AvgIpc) is 2.72. The maximum absolute atomic E-state index is 12.4. The van der Waals surface area contributed by atoms with E-state index in [1.807, 2.05) is 48.5 Å². The Morgan fingerprint density at radius 2 is 1.54 bits per heavy atom. The van der Waals surface area contributed by atoms with Crippen molar-refractivity contribution in [1.82, 2.24) is 10.6 Å². The maximum atomic E-state index is 12.4. The van der Waals surface area contributed by atoms with E-state index >= 15 is 0 Å². The predicted molar refractivity (Wildman–Crippen MR) is 108 cm³/mol. The van der Waals surface area contributed by atoms with Crippen LogP contribution in [-0.2, 0) is 19.1 Å². The Labute approximate surface area is 163 Å². The van der Waals surface area contributed by atoms with Crippen molar-refractivity contribution in [3.05, 3.63) is 83.6 Å². The Morgan fingerprint density at radius 3 is 2.14 bits per heavy atom. The first-order valence-electron chi connectivity index (χ1n) is 8.83. The standard InChI is InChI=1S/C22H22N2O4/c1-2-28-21(26)16-23-22(27)19(15-18-11-7-4-8-12-18)24-20(25)14-13-17-9-5-3-6-10-17/h3-15H,2,16H2,1H3,(H,23,27)(H,24,25). The summed E-state index contributed by atoms with van der Waals surface area (Å²) in [6.45, 7) is 1.62. The van der Waals surface area contributed by atoms with E-state index in [1.165, 1.54) is 12.2 Å². The van der Waals surface area contributed by atoms with E-state index in [9.17, 15) is 14.4 Å². The predicted octanol–water partition coefficient (Wildman–Crippen LogP) is 2.54. The van der Waals surface area contributed by atoms with Crippen molar-refractivity contribution in [2.45, 2.75) is 6.92 Å². The van der Waals surface area contributed by atoms with Gasteiger partial charge in [-0.15, -0.1) is 0 Å². The van der Waals surface area contributed by atoms with Gasteiger partial charge in [0.25, 0.3) is 5.91 Å². The largest absolute Gasteiger partial charge is 0.465 e. The number of carbonyl (C=O) groups excluding carboxylic acids is 3. The summed E-state index contributed by atoms with van der Waals surface area (Å²) in [5.41, 5.74) is 1.62. The number of amides is 2. The van der Waals surface area contributed by atoms with Crippen molar-refractivity contribution in [3.63, 3.8) is 0 Å². The molecule has 0 aliphatic rings. The summed E-state index contributed by atoms with van der Waals surface area (Å²) >= 11 is 0. The molecule has 2 aromatic rings. The van der Waals surface area contributed by atoms with Crippen LogP contribution in [0.15, 0.2) is 72.4 Å². The summed E-state index contributed by atoms with van der Waals surface area (Å²) in [7, 11) is 0. The van der Waals surface area contributed by atoms with Crippen molar-refractivity contribution in [2.75, 3.05) is 13.2 Å². The molecule has 2 N–H and O–H groups in total. The number of esters is 1. The summed E-state index contributed by atoms with van der Waals surface area (Å²) in [4.78, 5) is 36.1. The molecule has 144 valence electrons. The van der Waals surface area contributed by atoms with Crippen LogP contribution in [0.5, 0.6) is 0 Å². The number of nitrogens with one attached hydrogen (secondary N) is 2. The molecule has 6 nitrogen and oxygen atoms in total. The zero-order valence-electron chi connectivity index (χ0n) is 15.6. The number of ether oxygens (including phenoxy) is 1. The lowest BCUT2D eigenvalue weighted by molar-refractivity contribution is -0.143. The van der Waals surface area contributed by atoms with E-state index < -0.39 is 17.8 Å². The molecule has 0 aliphatic heterocycles. The second-order valence-corrected chi connectivity index (χ2v) is 5.69. The molecular weight excluding hydrogens is 356 g/mol. The number of hydrogen-bond acceptors (Lipinski definition) is 4. The molecule has 0 aliphatic carbocycles. The van der Waals surface area contributed by atoms with E-state index in [0.29, 0.717) is 0 Å². The van der Waals surface area contributed by atoms with Gasteiger partial charge >= 0.3 is 5.97 Å². The molecule has 28 heavy (non-hydrogen) atoms. The molecule has 0 fully saturated rings. The first-order chi connectivity index (χ1) is 13.6. The van der Waals surface area contributed by atoms with Gasteiger partial charge in [0.05, 0.1) is 6.61 Å². The van der Waals surface area contributed by atoms with Gasteiger partial charge in [-0.05, 0) is 30.2 Å². The summed E-state index contributed by atoms with van der Waals surface area (Å²) in [5.74, 6) is -1.60. The Hall–Kier alpha value is -3.67. The van der Waals surface area contributed by atoms with Gasteiger partial charge < -0.3 is 15.4 Å². The fourth-order valence-corrected chi connectivity index (χ4v) is 2.24. The van der Waals surface area contributed by atoms with Crippen LogP contribution in [0, 0.1) is 0 Å². The second-order valence-electron chi connectivity index (χ2n) is 5.69. The lowest BCUT2D eigenvalue weighted by atomic mass is 10.2. The van der Waals surface area contributed by atoms with Gasteiger partial charge in [-0.1, -0.05) is 60.7 Å². The van der Waals surface area contributed by atoms with Gasteiger partial charge in [0.2, 0.25) is 5.91 Å².